The maximum atomic E-state index is 12.7. The molecule has 0 spiro atoms. The topological polar surface area (TPSA) is 254 Å². The summed E-state index contributed by atoms with van der Waals surface area (Å²) in [5.41, 5.74) is 6.19. The molecule has 57 heavy (non-hydrogen) atoms. The Morgan fingerprint density at radius 3 is 1.47 bits per heavy atom. The van der Waals surface area contributed by atoms with E-state index in [1.165, 1.54) is 0 Å². The number of carboxylic acid groups (broad SMARTS) is 1. The molecule has 0 heterocycles. The average Bonchev–Trinajstić information content (AvgIpc) is 3.14. The number of nitrogens with one attached hydrogen (secondary N) is 4. The van der Waals surface area contributed by atoms with E-state index in [2.05, 4.69) is 21.3 Å². The van der Waals surface area contributed by atoms with Crippen LogP contribution >= 0.6 is 0 Å². The van der Waals surface area contributed by atoms with Crippen LogP contribution in [-0.2, 0) is 57.1 Å². The molecular weight excluding hydrogens is 750 g/mol. The van der Waals surface area contributed by atoms with E-state index in [0.29, 0.717) is 117 Å². The van der Waals surface area contributed by atoms with E-state index in [1.54, 1.807) is 6.92 Å². The molecule has 1 saturated carbocycles. The highest BCUT2D eigenvalue weighted by Crippen LogP contribution is 2.34. The molecule has 0 unspecified atom stereocenters. The third kappa shape index (κ3) is 28.7. The van der Waals surface area contributed by atoms with Gasteiger partial charge >= 0.3 is 12.0 Å². The molecule has 1 aliphatic rings. The Morgan fingerprint density at radius 1 is 0.632 bits per heavy atom. The average molecular weight is 820 g/mol. The van der Waals surface area contributed by atoms with Crippen molar-refractivity contribution in [1.29, 1.82) is 0 Å². The van der Waals surface area contributed by atoms with Crippen molar-refractivity contribution in [3.63, 3.8) is 0 Å². The zero-order valence-corrected chi connectivity index (χ0v) is 34.3. The molecule has 0 radical (unpaired) electrons. The molecule has 0 aliphatic heterocycles. The van der Waals surface area contributed by atoms with Gasteiger partial charge in [-0.25, -0.2) is 4.79 Å². The summed E-state index contributed by atoms with van der Waals surface area (Å²) in [5, 5.41) is 19.8. The van der Waals surface area contributed by atoms with Crippen LogP contribution < -0.4 is 27.0 Å². The standard InChI is InChI=1S/C38H69N5O14/c1-30(35-32(44)28-38(2,3)29-33(35)45)40-9-13-51-18-20-54-22-24-56-26-27-57-25-23-55-21-19-52-14-10-41-36(48)31(6-4-5-8-39)43-37(49)42-11-15-53-17-16-50-12-7-34(46)47/h31,40H,4-29,39H2,1-3H3,(H,41,48)(H,46,47)(H2,42,43,49)/t31-/m0/s1. The van der Waals surface area contributed by atoms with Gasteiger partial charge in [-0.15, -0.1) is 0 Å². The first-order chi connectivity index (χ1) is 27.5. The molecule has 0 saturated heterocycles. The van der Waals surface area contributed by atoms with Crippen LogP contribution in [0.5, 0.6) is 0 Å². The quantitative estimate of drug-likeness (QED) is 0.0281. The lowest BCUT2D eigenvalue weighted by atomic mass is 9.73. The van der Waals surface area contributed by atoms with Gasteiger partial charge in [0.05, 0.1) is 118 Å². The normalized spacial score (nSPS) is 14.4. The van der Waals surface area contributed by atoms with Gasteiger partial charge in [-0.1, -0.05) is 13.8 Å². The Kier molecular flexibility index (Phi) is 30.6. The van der Waals surface area contributed by atoms with E-state index in [4.69, 9.17) is 48.7 Å². The molecule has 0 bridgehead atoms. The van der Waals surface area contributed by atoms with Crippen LogP contribution in [0.1, 0.15) is 59.3 Å². The summed E-state index contributed by atoms with van der Waals surface area (Å²) in [5.74, 6) is -1.45. The van der Waals surface area contributed by atoms with Gasteiger partial charge in [0, 0.05) is 38.2 Å². The molecule has 1 fully saturated rings. The molecule has 19 nitrogen and oxygen atoms in total. The molecule has 7 N–H and O–H groups in total. The first-order valence-corrected chi connectivity index (χ1v) is 19.8. The number of Topliss-reactive ketones (excluding diaryl/α,β-unsaturated/α-hetero) is 2. The van der Waals surface area contributed by atoms with Gasteiger partial charge < -0.3 is 70.0 Å². The van der Waals surface area contributed by atoms with E-state index in [-0.39, 0.29) is 81.0 Å². The van der Waals surface area contributed by atoms with Crippen LogP contribution in [-0.4, -0.2) is 173 Å². The SMILES string of the molecule is CC(NCCOCCOCCOCCOCCOCCOCCNC(=O)[C@H](CCCCN)NC(=O)NCCOCCOCCC(=O)O)=C1C(=O)CC(C)(C)CC1=O. The number of carboxylic acids is 1. The van der Waals surface area contributed by atoms with Crippen molar-refractivity contribution >= 4 is 29.5 Å². The molecular formula is C38H69N5O14. The number of aliphatic carboxylic acids is 1. The zero-order valence-electron chi connectivity index (χ0n) is 34.3. The summed E-state index contributed by atoms with van der Waals surface area (Å²) in [4.78, 5) is 60.2. The number of nitrogens with two attached hydrogens (primary N) is 1. The Balaban J connectivity index is 1.94. The predicted octanol–water partition coefficient (Wildman–Crippen LogP) is 0.329. The van der Waals surface area contributed by atoms with E-state index in [1.807, 2.05) is 13.8 Å². The van der Waals surface area contributed by atoms with Crippen molar-refractivity contribution in [3.05, 3.63) is 11.3 Å². The Bertz CT molecular complexity index is 1150. The van der Waals surface area contributed by atoms with Gasteiger partial charge in [0.2, 0.25) is 5.91 Å². The Hall–Kier alpha value is -3.27. The van der Waals surface area contributed by atoms with E-state index >= 15 is 0 Å². The molecule has 1 aliphatic carbocycles. The van der Waals surface area contributed by atoms with Crippen LogP contribution in [0.2, 0.25) is 0 Å². The lowest BCUT2D eigenvalue weighted by Crippen LogP contribution is -2.51. The summed E-state index contributed by atoms with van der Waals surface area (Å²) < 4.78 is 43.5. The second-order valence-corrected chi connectivity index (χ2v) is 13.9. The van der Waals surface area contributed by atoms with E-state index in [0.717, 1.165) is 6.42 Å². The third-order valence-corrected chi connectivity index (χ3v) is 8.19. The molecule has 3 amide bonds. The van der Waals surface area contributed by atoms with Gasteiger partial charge in [0.15, 0.2) is 11.6 Å². The largest absolute Gasteiger partial charge is 0.481 e. The monoisotopic (exact) mass is 819 g/mol. The fraction of sp³-hybridized carbons (Fsp3) is 0.816. The number of allylic oxidation sites excluding steroid dienone is 2. The number of rotatable bonds is 37. The number of carbonyl (C=O) groups excluding carboxylic acids is 4. The van der Waals surface area contributed by atoms with Crippen LogP contribution in [0.4, 0.5) is 4.79 Å². The maximum Gasteiger partial charge on any atom is 0.315 e. The molecule has 330 valence electrons. The first-order valence-electron chi connectivity index (χ1n) is 19.8. The second kappa shape index (κ2) is 33.7. The number of ketones is 2. The minimum absolute atomic E-state index is 0.0723. The highest BCUT2D eigenvalue weighted by Gasteiger charge is 2.36. The van der Waals surface area contributed by atoms with Crippen molar-refractivity contribution in [2.75, 3.05) is 132 Å². The smallest absolute Gasteiger partial charge is 0.315 e. The van der Waals surface area contributed by atoms with Gasteiger partial charge in [-0.2, -0.15) is 0 Å². The van der Waals surface area contributed by atoms with Gasteiger partial charge in [-0.05, 0) is 38.1 Å². The molecule has 19 heteroatoms. The minimum atomic E-state index is -0.929. The van der Waals surface area contributed by atoms with Crippen LogP contribution in [0.3, 0.4) is 0 Å². The number of carbonyl (C=O) groups is 5. The third-order valence-electron chi connectivity index (χ3n) is 8.19. The minimum Gasteiger partial charge on any atom is -0.481 e. The summed E-state index contributed by atoms with van der Waals surface area (Å²) >= 11 is 0. The van der Waals surface area contributed by atoms with Gasteiger partial charge in [0.25, 0.3) is 0 Å². The summed E-state index contributed by atoms with van der Waals surface area (Å²) in [6.07, 6.45) is 2.52. The van der Waals surface area contributed by atoms with Crippen LogP contribution in [0.15, 0.2) is 11.3 Å². The van der Waals surface area contributed by atoms with Crippen molar-refractivity contribution in [1.82, 2.24) is 21.3 Å². The lowest BCUT2D eigenvalue weighted by Gasteiger charge is -2.29. The van der Waals surface area contributed by atoms with Crippen molar-refractivity contribution in [2.24, 2.45) is 11.1 Å². The molecule has 0 aromatic carbocycles. The molecule has 0 aromatic heterocycles. The Morgan fingerprint density at radius 2 is 1.04 bits per heavy atom. The number of hydrogen-bond donors (Lipinski definition) is 6. The van der Waals surface area contributed by atoms with Gasteiger partial charge in [0.1, 0.15) is 6.04 Å². The summed E-state index contributed by atoms with van der Waals surface area (Å²) in [7, 11) is 0. The number of amides is 3. The summed E-state index contributed by atoms with van der Waals surface area (Å²) in [6.45, 7) is 12.7. The summed E-state index contributed by atoms with van der Waals surface area (Å²) in [6, 6.07) is -1.23. The van der Waals surface area contributed by atoms with Crippen molar-refractivity contribution < 1.29 is 67.0 Å². The lowest BCUT2D eigenvalue weighted by molar-refractivity contribution is -0.138. The number of unbranched alkanes of at least 4 members (excludes halogenated alkanes) is 1. The van der Waals surface area contributed by atoms with Crippen molar-refractivity contribution in [2.45, 2.75) is 65.3 Å². The first kappa shape index (κ1) is 51.7. The number of urea groups is 1. The molecule has 1 rings (SSSR count). The highest BCUT2D eigenvalue weighted by atomic mass is 16.6. The second-order valence-electron chi connectivity index (χ2n) is 13.9. The van der Waals surface area contributed by atoms with E-state index < -0.39 is 18.0 Å². The number of ether oxygens (including phenoxy) is 8. The molecule has 1 atom stereocenters. The molecule has 0 aromatic rings. The van der Waals surface area contributed by atoms with Gasteiger partial charge in [-0.3, -0.25) is 19.2 Å². The fourth-order valence-electron chi connectivity index (χ4n) is 5.34. The highest BCUT2D eigenvalue weighted by molar-refractivity contribution is 6.22. The van der Waals surface area contributed by atoms with Crippen LogP contribution in [0, 0.1) is 5.41 Å². The maximum absolute atomic E-state index is 12.7. The van der Waals surface area contributed by atoms with Crippen LogP contribution in [0.25, 0.3) is 0 Å². The predicted molar refractivity (Wildman–Crippen MR) is 209 cm³/mol. The number of hydrogen-bond acceptors (Lipinski definition) is 15. The Labute approximate surface area is 337 Å². The fourth-order valence-corrected chi connectivity index (χ4v) is 5.34. The zero-order chi connectivity index (χ0) is 42.0. The van der Waals surface area contributed by atoms with Crippen molar-refractivity contribution in [3.8, 4) is 0 Å². The van der Waals surface area contributed by atoms with E-state index in [9.17, 15) is 24.0 Å².